The number of hydrogen-bond acceptors (Lipinski definition) is 1. The van der Waals surface area contributed by atoms with Crippen molar-refractivity contribution in [2.24, 2.45) is 11.7 Å². The van der Waals surface area contributed by atoms with Gasteiger partial charge in [0.2, 0.25) is 5.91 Å². The lowest BCUT2D eigenvalue weighted by atomic mass is 9.93. The van der Waals surface area contributed by atoms with E-state index in [2.05, 4.69) is 26.0 Å². The Morgan fingerprint density at radius 2 is 0.789 bits per heavy atom. The molecule has 0 radical (unpaired) electrons. The fraction of sp³-hybridized carbons (Fsp3) is 0.917. The first-order chi connectivity index (χ1) is 18.7. The molecule has 0 rings (SSSR count). The molecule has 226 valence electrons. The number of nitrogens with two attached hydrogens (primary N) is 1. The van der Waals surface area contributed by atoms with Crippen LogP contribution in [0.3, 0.4) is 0 Å². The zero-order valence-corrected chi connectivity index (χ0v) is 26.4. The normalized spacial score (nSPS) is 12.5. The van der Waals surface area contributed by atoms with Crippen LogP contribution >= 0.6 is 0 Å². The molecule has 0 aromatic rings. The van der Waals surface area contributed by atoms with Gasteiger partial charge in [0.05, 0.1) is 0 Å². The molecule has 1 atom stereocenters. The lowest BCUT2D eigenvalue weighted by molar-refractivity contribution is -0.122. The third-order valence-corrected chi connectivity index (χ3v) is 8.47. The van der Waals surface area contributed by atoms with Crippen LogP contribution in [-0.2, 0) is 4.79 Å². The molecule has 0 spiro atoms. The highest BCUT2D eigenvalue weighted by molar-refractivity contribution is 5.76. The molecule has 2 N–H and O–H groups in total. The van der Waals surface area contributed by atoms with Crippen molar-refractivity contribution in [1.29, 1.82) is 0 Å². The molecule has 0 aliphatic heterocycles. The highest BCUT2D eigenvalue weighted by Crippen LogP contribution is 2.20. The molecule has 38 heavy (non-hydrogen) atoms. The van der Waals surface area contributed by atoms with Gasteiger partial charge in [-0.25, -0.2) is 0 Å². The highest BCUT2D eigenvalue weighted by atomic mass is 16.1. The zero-order valence-electron chi connectivity index (χ0n) is 26.4. The standard InChI is InChI=1S/C36H71NO/c1-3-5-7-9-11-13-15-17-19-20-22-24-26-28-30-32-34-35(36(37)38)33-31-29-27-25-23-21-18-16-14-12-10-8-6-4-2/h3,5,35H,4,6-34H2,1-2H3,(H2,37,38). The number of rotatable bonds is 32. The van der Waals surface area contributed by atoms with Crippen molar-refractivity contribution in [3.63, 3.8) is 0 Å². The molecule has 0 saturated heterocycles. The zero-order chi connectivity index (χ0) is 27.8. The molecule has 0 aliphatic carbocycles. The van der Waals surface area contributed by atoms with Crippen LogP contribution in [0.1, 0.15) is 206 Å². The lowest BCUT2D eigenvalue weighted by Gasteiger charge is -2.13. The van der Waals surface area contributed by atoms with Crippen LogP contribution in [0.4, 0.5) is 0 Å². The Bertz CT molecular complexity index is 486. The molecular formula is C36H71NO. The molecule has 1 amide bonds. The maximum absolute atomic E-state index is 11.9. The lowest BCUT2D eigenvalue weighted by Crippen LogP contribution is -2.23. The Kier molecular flexibility index (Phi) is 31.7. The van der Waals surface area contributed by atoms with Gasteiger partial charge in [-0.1, -0.05) is 186 Å². The molecule has 0 heterocycles. The van der Waals surface area contributed by atoms with E-state index in [1.807, 2.05) is 0 Å². The molecule has 2 nitrogen and oxygen atoms in total. The minimum Gasteiger partial charge on any atom is -0.369 e. The fourth-order valence-corrected chi connectivity index (χ4v) is 5.78. The van der Waals surface area contributed by atoms with Crippen LogP contribution in [0.15, 0.2) is 12.2 Å². The first kappa shape index (κ1) is 37.2. The SMILES string of the molecule is CC=CCCCCCCCCCCCCCCCC(CCCCCCCCCCCCCCCC)C(N)=O. The number of hydrogen-bond donors (Lipinski definition) is 1. The third-order valence-electron chi connectivity index (χ3n) is 8.47. The summed E-state index contributed by atoms with van der Waals surface area (Å²) in [7, 11) is 0. The summed E-state index contributed by atoms with van der Waals surface area (Å²) < 4.78 is 0. The highest BCUT2D eigenvalue weighted by Gasteiger charge is 2.14. The summed E-state index contributed by atoms with van der Waals surface area (Å²) in [6.07, 6.45) is 44.9. The quantitative estimate of drug-likeness (QED) is 0.0678. The van der Waals surface area contributed by atoms with Gasteiger partial charge in [0.15, 0.2) is 0 Å². The predicted molar refractivity (Wildman–Crippen MR) is 172 cm³/mol. The second-order valence-corrected chi connectivity index (χ2v) is 12.2. The molecule has 0 fully saturated rings. The Balaban J connectivity index is 3.39. The van der Waals surface area contributed by atoms with E-state index in [4.69, 9.17) is 5.73 Å². The van der Waals surface area contributed by atoms with Crippen molar-refractivity contribution in [1.82, 2.24) is 0 Å². The van der Waals surface area contributed by atoms with Crippen molar-refractivity contribution in [2.45, 2.75) is 206 Å². The van der Waals surface area contributed by atoms with Crippen molar-refractivity contribution in [3.05, 3.63) is 12.2 Å². The van der Waals surface area contributed by atoms with E-state index in [0.717, 1.165) is 12.8 Å². The smallest absolute Gasteiger partial charge is 0.220 e. The van der Waals surface area contributed by atoms with Gasteiger partial charge in [-0.15, -0.1) is 0 Å². The van der Waals surface area contributed by atoms with Gasteiger partial charge in [0.1, 0.15) is 0 Å². The minimum atomic E-state index is -0.0579. The van der Waals surface area contributed by atoms with E-state index in [1.165, 1.54) is 180 Å². The van der Waals surface area contributed by atoms with Crippen molar-refractivity contribution >= 4 is 5.91 Å². The largest absolute Gasteiger partial charge is 0.369 e. The van der Waals surface area contributed by atoms with Crippen molar-refractivity contribution < 1.29 is 4.79 Å². The Hall–Kier alpha value is -0.790. The van der Waals surface area contributed by atoms with Gasteiger partial charge in [-0.05, 0) is 32.6 Å². The van der Waals surface area contributed by atoms with Gasteiger partial charge >= 0.3 is 0 Å². The summed E-state index contributed by atoms with van der Waals surface area (Å²) in [6, 6.07) is 0. The number of amides is 1. The summed E-state index contributed by atoms with van der Waals surface area (Å²) in [5.41, 5.74) is 5.72. The average molecular weight is 534 g/mol. The molecule has 2 heteroatoms. The average Bonchev–Trinajstić information content (AvgIpc) is 2.91. The van der Waals surface area contributed by atoms with E-state index in [1.54, 1.807) is 0 Å². The first-order valence-electron chi connectivity index (χ1n) is 17.6. The minimum absolute atomic E-state index is 0.0579. The molecule has 0 bridgehead atoms. The Labute approximate surface area is 240 Å². The van der Waals surface area contributed by atoms with Crippen LogP contribution in [0.2, 0.25) is 0 Å². The number of unbranched alkanes of at least 4 members (excludes halogenated alkanes) is 26. The summed E-state index contributed by atoms with van der Waals surface area (Å²) in [5, 5.41) is 0. The number of allylic oxidation sites excluding steroid dienone is 2. The topological polar surface area (TPSA) is 43.1 Å². The first-order valence-corrected chi connectivity index (χ1v) is 17.6. The van der Waals surface area contributed by atoms with Crippen molar-refractivity contribution in [3.8, 4) is 0 Å². The van der Waals surface area contributed by atoms with Gasteiger partial charge in [0, 0.05) is 5.92 Å². The molecule has 0 aromatic carbocycles. The van der Waals surface area contributed by atoms with Crippen LogP contribution in [-0.4, -0.2) is 5.91 Å². The van der Waals surface area contributed by atoms with E-state index in [9.17, 15) is 4.79 Å². The number of primary amides is 1. The fourth-order valence-electron chi connectivity index (χ4n) is 5.78. The van der Waals surface area contributed by atoms with Crippen LogP contribution in [0.5, 0.6) is 0 Å². The monoisotopic (exact) mass is 534 g/mol. The molecule has 1 unspecified atom stereocenters. The number of carbonyl (C=O) groups is 1. The van der Waals surface area contributed by atoms with E-state index < -0.39 is 0 Å². The van der Waals surface area contributed by atoms with Gasteiger partial charge in [-0.3, -0.25) is 4.79 Å². The summed E-state index contributed by atoms with van der Waals surface area (Å²) in [6.45, 7) is 4.40. The molecule has 0 aromatic heterocycles. The van der Waals surface area contributed by atoms with Crippen molar-refractivity contribution in [2.75, 3.05) is 0 Å². The van der Waals surface area contributed by atoms with E-state index in [-0.39, 0.29) is 11.8 Å². The number of carbonyl (C=O) groups excluding carboxylic acids is 1. The Morgan fingerprint density at radius 1 is 0.500 bits per heavy atom. The van der Waals surface area contributed by atoms with Gasteiger partial charge < -0.3 is 5.73 Å². The van der Waals surface area contributed by atoms with Crippen LogP contribution < -0.4 is 5.73 Å². The molecule has 0 saturated carbocycles. The maximum Gasteiger partial charge on any atom is 0.220 e. The second kappa shape index (κ2) is 32.4. The van der Waals surface area contributed by atoms with Crippen LogP contribution in [0, 0.1) is 5.92 Å². The summed E-state index contributed by atoms with van der Waals surface area (Å²) in [5.74, 6) is 0.0629. The van der Waals surface area contributed by atoms with Gasteiger partial charge in [-0.2, -0.15) is 0 Å². The van der Waals surface area contributed by atoms with Crippen LogP contribution in [0.25, 0.3) is 0 Å². The maximum atomic E-state index is 11.9. The second-order valence-electron chi connectivity index (χ2n) is 12.2. The summed E-state index contributed by atoms with van der Waals surface area (Å²) in [4.78, 5) is 11.9. The summed E-state index contributed by atoms with van der Waals surface area (Å²) >= 11 is 0. The third kappa shape index (κ3) is 29.8. The Morgan fingerprint density at radius 3 is 1.08 bits per heavy atom. The molecular weight excluding hydrogens is 462 g/mol. The van der Waals surface area contributed by atoms with E-state index in [0.29, 0.717) is 0 Å². The predicted octanol–water partition coefficient (Wildman–Crippen LogP) is 12.4. The van der Waals surface area contributed by atoms with E-state index >= 15 is 0 Å². The van der Waals surface area contributed by atoms with Gasteiger partial charge in [0.25, 0.3) is 0 Å². The molecule has 0 aliphatic rings.